The molecule has 0 saturated heterocycles. The van der Waals surface area contributed by atoms with Gasteiger partial charge >= 0.3 is 0 Å². The van der Waals surface area contributed by atoms with Crippen LogP contribution < -0.4 is 0 Å². The fraction of sp³-hybridized carbons (Fsp3) is 0.190. The first-order valence-electron chi connectivity index (χ1n) is 9.15. The van der Waals surface area contributed by atoms with Crippen LogP contribution in [0, 0.1) is 0 Å². The Morgan fingerprint density at radius 2 is 1.93 bits per heavy atom. The molecule has 0 aliphatic carbocycles. The summed E-state index contributed by atoms with van der Waals surface area (Å²) in [5.74, 6) is 1.17. The molecule has 140 valence electrons. The van der Waals surface area contributed by atoms with Gasteiger partial charge in [-0.1, -0.05) is 47.1 Å². The number of aromatic amines is 1. The maximum Gasteiger partial charge on any atom is 0.244 e. The lowest BCUT2D eigenvalue weighted by Crippen LogP contribution is -2.34. The van der Waals surface area contributed by atoms with Crippen LogP contribution >= 0.6 is 11.6 Å². The third-order valence-corrected chi connectivity index (χ3v) is 5.31. The van der Waals surface area contributed by atoms with E-state index in [2.05, 4.69) is 49.3 Å². The van der Waals surface area contributed by atoms with Crippen LogP contribution in [0.3, 0.4) is 0 Å². The van der Waals surface area contributed by atoms with Crippen molar-refractivity contribution in [3.05, 3.63) is 88.8 Å². The highest BCUT2D eigenvalue weighted by atomic mass is 35.5. The first kappa shape index (κ1) is 17.2. The van der Waals surface area contributed by atoms with Crippen molar-refractivity contribution in [1.82, 2.24) is 25.0 Å². The van der Waals surface area contributed by atoms with Gasteiger partial charge in [-0.25, -0.2) is 4.98 Å². The average molecular weight is 392 g/mol. The van der Waals surface area contributed by atoms with Gasteiger partial charge in [-0.3, -0.25) is 4.90 Å². The summed E-state index contributed by atoms with van der Waals surface area (Å²) in [5, 5.41) is 4.87. The zero-order chi connectivity index (χ0) is 18.9. The fourth-order valence-electron chi connectivity index (χ4n) is 3.60. The smallest absolute Gasteiger partial charge is 0.244 e. The van der Waals surface area contributed by atoms with Crippen LogP contribution in [0.4, 0.5) is 0 Å². The van der Waals surface area contributed by atoms with Crippen LogP contribution in [-0.4, -0.2) is 25.0 Å². The van der Waals surface area contributed by atoms with Gasteiger partial charge in [0.2, 0.25) is 11.7 Å². The number of benzene rings is 2. The summed E-state index contributed by atoms with van der Waals surface area (Å²) < 4.78 is 5.67. The number of H-pyrrole nitrogens is 1. The maximum atomic E-state index is 5.98. The van der Waals surface area contributed by atoms with E-state index in [-0.39, 0.29) is 6.04 Å². The van der Waals surface area contributed by atoms with E-state index in [4.69, 9.17) is 16.1 Å². The average Bonchev–Trinajstić information content (AvgIpc) is 3.38. The van der Waals surface area contributed by atoms with E-state index in [0.717, 1.165) is 36.5 Å². The molecular weight excluding hydrogens is 374 g/mol. The topological polar surface area (TPSA) is 70.8 Å². The molecule has 6 nitrogen and oxygen atoms in total. The van der Waals surface area contributed by atoms with E-state index in [0.29, 0.717) is 16.7 Å². The van der Waals surface area contributed by atoms with Gasteiger partial charge in [-0.15, -0.1) is 0 Å². The van der Waals surface area contributed by atoms with E-state index in [1.807, 2.05) is 30.3 Å². The molecule has 0 radical (unpaired) electrons. The van der Waals surface area contributed by atoms with E-state index < -0.39 is 0 Å². The van der Waals surface area contributed by atoms with E-state index >= 15 is 0 Å². The largest absolute Gasteiger partial charge is 0.347 e. The molecule has 2 aromatic carbocycles. The Kier molecular flexibility index (Phi) is 4.43. The normalized spacial score (nSPS) is 16.8. The molecule has 28 heavy (non-hydrogen) atoms. The van der Waals surface area contributed by atoms with Crippen LogP contribution in [-0.2, 0) is 19.5 Å². The molecular formula is C21H18ClN5O. The standard InChI is InChI=1S/C21H18ClN5O/c22-16-8-6-15(7-9-16)20-25-21(28-26-20)19-10-17-18(24-13-23-17)12-27(19)11-14-4-2-1-3-5-14/h1-9,13,19H,10-12H2,(H,23,24)/t19-/m0/s1. The highest BCUT2D eigenvalue weighted by Gasteiger charge is 2.33. The van der Waals surface area contributed by atoms with E-state index in [9.17, 15) is 0 Å². The first-order chi connectivity index (χ1) is 13.8. The van der Waals surface area contributed by atoms with Crippen LogP contribution in [0.25, 0.3) is 11.4 Å². The predicted octanol–water partition coefficient (Wildman–Crippen LogP) is 4.41. The lowest BCUT2D eigenvalue weighted by molar-refractivity contribution is 0.128. The fourth-order valence-corrected chi connectivity index (χ4v) is 3.73. The lowest BCUT2D eigenvalue weighted by atomic mass is 10.0. The van der Waals surface area contributed by atoms with Crippen molar-refractivity contribution < 1.29 is 4.52 Å². The summed E-state index contributed by atoms with van der Waals surface area (Å²) in [6, 6.07) is 17.8. The second-order valence-corrected chi connectivity index (χ2v) is 7.34. The maximum absolute atomic E-state index is 5.98. The summed E-state index contributed by atoms with van der Waals surface area (Å²) in [4.78, 5) is 14.7. The molecule has 0 bridgehead atoms. The SMILES string of the molecule is Clc1ccc(-c2noc([C@@H]3Cc4nc[nH]c4CN3Cc3ccccc3)n2)cc1. The number of rotatable bonds is 4. The minimum atomic E-state index is -0.0236. The Morgan fingerprint density at radius 3 is 2.75 bits per heavy atom. The Bertz CT molecular complexity index is 1070. The van der Waals surface area contributed by atoms with Gasteiger partial charge in [0, 0.05) is 30.1 Å². The first-order valence-corrected chi connectivity index (χ1v) is 9.53. The molecule has 1 aliphatic heterocycles. The summed E-state index contributed by atoms with van der Waals surface area (Å²) in [7, 11) is 0. The van der Waals surface area contributed by atoms with E-state index in [1.54, 1.807) is 6.33 Å². The summed E-state index contributed by atoms with van der Waals surface area (Å²) >= 11 is 5.98. The molecule has 0 fully saturated rings. The second kappa shape index (κ2) is 7.22. The second-order valence-electron chi connectivity index (χ2n) is 6.90. The summed E-state index contributed by atoms with van der Waals surface area (Å²) in [6.45, 7) is 1.55. The summed E-state index contributed by atoms with van der Waals surface area (Å²) in [5.41, 5.74) is 4.32. The van der Waals surface area contributed by atoms with Crippen molar-refractivity contribution in [2.24, 2.45) is 0 Å². The molecule has 4 aromatic rings. The number of hydrogen-bond donors (Lipinski definition) is 1. The third kappa shape index (κ3) is 3.32. The minimum Gasteiger partial charge on any atom is -0.347 e. The number of nitrogens with zero attached hydrogens (tertiary/aromatic N) is 4. The van der Waals surface area contributed by atoms with Crippen molar-refractivity contribution in [1.29, 1.82) is 0 Å². The Labute approximate surface area is 167 Å². The molecule has 3 heterocycles. The van der Waals surface area contributed by atoms with Gasteiger partial charge in [0.1, 0.15) is 0 Å². The zero-order valence-electron chi connectivity index (χ0n) is 15.0. The molecule has 5 rings (SSSR count). The van der Waals surface area contributed by atoms with Gasteiger partial charge in [-0.05, 0) is 29.8 Å². The van der Waals surface area contributed by atoms with Crippen molar-refractivity contribution in [2.75, 3.05) is 0 Å². The molecule has 0 amide bonds. The monoisotopic (exact) mass is 391 g/mol. The number of halogens is 1. The lowest BCUT2D eigenvalue weighted by Gasteiger charge is -2.32. The minimum absolute atomic E-state index is 0.0236. The van der Waals surface area contributed by atoms with Crippen LogP contribution in [0.2, 0.25) is 5.02 Å². The number of aromatic nitrogens is 4. The van der Waals surface area contributed by atoms with Gasteiger partial charge in [0.15, 0.2) is 0 Å². The Morgan fingerprint density at radius 1 is 1.11 bits per heavy atom. The molecule has 0 spiro atoms. The highest BCUT2D eigenvalue weighted by molar-refractivity contribution is 6.30. The third-order valence-electron chi connectivity index (χ3n) is 5.05. The number of hydrogen-bond acceptors (Lipinski definition) is 5. The zero-order valence-corrected chi connectivity index (χ0v) is 15.8. The van der Waals surface area contributed by atoms with Crippen molar-refractivity contribution >= 4 is 11.6 Å². The molecule has 2 aromatic heterocycles. The van der Waals surface area contributed by atoms with Gasteiger partial charge < -0.3 is 9.51 Å². The summed E-state index contributed by atoms with van der Waals surface area (Å²) in [6.07, 6.45) is 2.48. The van der Waals surface area contributed by atoms with Crippen molar-refractivity contribution in [3.8, 4) is 11.4 Å². The van der Waals surface area contributed by atoms with Crippen LogP contribution in [0.15, 0.2) is 65.4 Å². The van der Waals surface area contributed by atoms with Crippen LogP contribution in [0.1, 0.15) is 28.9 Å². The molecule has 1 aliphatic rings. The van der Waals surface area contributed by atoms with Crippen LogP contribution in [0.5, 0.6) is 0 Å². The number of fused-ring (bicyclic) bond motifs is 1. The highest BCUT2D eigenvalue weighted by Crippen LogP contribution is 2.33. The molecule has 1 N–H and O–H groups in total. The van der Waals surface area contributed by atoms with E-state index in [1.165, 1.54) is 5.56 Å². The van der Waals surface area contributed by atoms with Gasteiger partial charge in [0.05, 0.1) is 23.8 Å². The molecule has 0 saturated carbocycles. The van der Waals surface area contributed by atoms with Crippen molar-refractivity contribution in [3.63, 3.8) is 0 Å². The molecule has 1 atom stereocenters. The number of imidazole rings is 1. The van der Waals surface area contributed by atoms with Crippen molar-refractivity contribution in [2.45, 2.75) is 25.6 Å². The Balaban J connectivity index is 1.46. The Hall–Kier alpha value is -2.96. The quantitative estimate of drug-likeness (QED) is 0.557. The predicted molar refractivity (Wildman–Crippen MR) is 105 cm³/mol. The van der Waals surface area contributed by atoms with Gasteiger partial charge in [0.25, 0.3) is 0 Å². The molecule has 0 unspecified atom stereocenters. The molecule has 7 heteroatoms. The number of nitrogens with one attached hydrogen (secondary N) is 1. The van der Waals surface area contributed by atoms with Gasteiger partial charge in [-0.2, -0.15) is 4.98 Å².